The zero-order valence-electron chi connectivity index (χ0n) is 15.7. The molecule has 1 heterocycles. The largest absolute Gasteiger partial charge is 0.416 e. The summed E-state index contributed by atoms with van der Waals surface area (Å²) in [6.07, 6.45) is -0.434. The second-order valence-corrected chi connectivity index (χ2v) is 7.60. The lowest BCUT2D eigenvalue weighted by Crippen LogP contribution is -2.47. The molecule has 7 heteroatoms. The van der Waals surface area contributed by atoms with E-state index in [1.807, 2.05) is 6.92 Å². The summed E-state index contributed by atoms with van der Waals surface area (Å²) in [6, 6.07) is 5.72. The maximum absolute atomic E-state index is 13.1. The molecule has 2 fully saturated rings. The first-order chi connectivity index (χ1) is 12.8. The number of aliphatic imine (C=N–C) groups is 1. The van der Waals surface area contributed by atoms with Gasteiger partial charge >= 0.3 is 6.18 Å². The summed E-state index contributed by atoms with van der Waals surface area (Å²) in [5.41, 5.74) is -0.165. The van der Waals surface area contributed by atoms with Crippen LogP contribution in [0, 0.1) is 0 Å². The number of hydrogen-bond donors (Lipinski definition) is 2. The highest BCUT2D eigenvalue weighted by Crippen LogP contribution is 2.45. The molecule has 1 aliphatic carbocycles. The minimum absolute atomic E-state index is 0.257. The number of hydrogen-bond acceptors (Lipinski definition) is 2. The molecule has 1 aliphatic heterocycles. The average molecular weight is 383 g/mol. The standard InChI is InChI=1S/C20H28F3N3O/c1-2-24-18(26-11-7-17(27)8-12-26)25-14-19(9-4-10-19)15-5-3-6-16(13-15)20(21,22)23/h3,5-6,13,17,27H,2,4,7-12,14H2,1H3,(H,24,25). The Bertz CT molecular complexity index is 663. The third-order valence-electron chi connectivity index (χ3n) is 5.74. The molecule has 27 heavy (non-hydrogen) atoms. The highest BCUT2D eigenvalue weighted by molar-refractivity contribution is 5.80. The van der Waals surface area contributed by atoms with Gasteiger partial charge in [0.15, 0.2) is 5.96 Å². The SMILES string of the molecule is CCNC(=NCC1(c2cccc(C(F)(F)F)c2)CCC1)N1CCC(O)CC1. The van der Waals surface area contributed by atoms with Crippen LogP contribution in [0.15, 0.2) is 29.3 Å². The van der Waals surface area contributed by atoms with Crippen LogP contribution in [0.4, 0.5) is 13.2 Å². The smallest absolute Gasteiger partial charge is 0.393 e. The van der Waals surface area contributed by atoms with Gasteiger partial charge in [0.25, 0.3) is 0 Å². The Morgan fingerprint density at radius 3 is 2.56 bits per heavy atom. The van der Waals surface area contributed by atoms with Gasteiger partial charge in [0.2, 0.25) is 0 Å². The van der Waals surface area contributed by atoms with Crippen LogP contribution in [-0.2, 0) is 11.6 Å². The first-order valence-electron chi connectivity index (χ1n) is 9.73. The number of piperidine rings is 1. The number of aliphatic hydroxyl groups is 1. The monoisotopic (exact) mass is 383 g/mol. The Morgan fingerprint density at radius 1 is 1.30 bits per heavy atom. The van der Waals surface area contributed by atoms with Crippen molar-refractivity contribution in [1.29, 1.82) is 0 Å². The maximum atomic E-state index is 13.1. The van der Waals surface area contributed by atoms with Gasteiger partial charge in [-0.2, -0.15) is 13.2 Å². The molecule has 1 aromatic carbocycles. The van der Waals surface area contributed by atoms with Crippen LogP contribution < -0.4 is 5.32 Å². The molecule has 0 aromatic heterocycles. The predicted molar refractivity (Wildman–Crippen MR) is 99.8 cm³/mol. The van der Waals surface area contributed by atoms with Gasteiger partial charge in [-0.05, 0) is 44.2 Å². The molecule has 0 radical (unpaired) electrons. The van der Waals surface area contributed by atoms with E-state index in [1.54, 1.807) is 6.07 Å². The number of aliphatic hydroxyl groups excluding tert-OH is 1. The van der Waals surface area contributed by atoms with Crippen molar-refractivity contribution in [3.05, 3.63) is 35.4 Å². The van der Waals surface area contributed by atoms with Crippen molar-refractivity contribution >= 4 is 5.96 Å². The molecular formula is C20H28F3N3O. The summed E-state index contributed by atoms with van der Waals surface area (Å²) in [6.45, 7) is 4.69. The van der Waals surface area contributed by atoms with Gasteiger partial charge in [0.05, 0.1) is 18.2 Å². The number of halogens is 3. The van der Waals surface area contributed by atoms with E-state index in [9.17, 15) is 18.3 Å². The number of guanidine groups is 1. The van der Waals surface area contributed by atoms with Gasteiger partial charge in [0, 0.05) is 25.0 Å². The number of rotatable bonds is 4. The van der Waals surface area contributed by atoms with E-state index in [2.05, 4.69) is 10.2 Å². The van der Waals surface area contributed by atoms with Crippen molar-refractivity contribution in [3.8, 4) is 0 Å². The van der Waals surface area contributed by atoms with Gasteiger partial charge in [-0.3, -0.25) is 4.99 Å². The lowest BCUT2D eigenvalue weighted by atomic mass is 9.64. The first kappa shape index (κ1) is 20.0. The number of nitrogens with zero attached hydrogens (tertiary/aromatic N) is 2. The fourth-order valence-electron chi connectivity index (χ4n) is 3.90. The molecule has 0 amide bonds. The lowest BCUT2D eigenvalue weighted by molar-refractivity contribution is -0.137. The maximum Gasteiger partial charge on any atom is 0.416 e. The molecule has 2 aliphatic rings. The fourth-order valence-corrected chi connectivity index (χ4v) is 3.90. The van der Waals surface area contributed by atoms with E-state index in [-0.39, 0.29) is 11.5 Å². The van der Waals surface area contributed by atoms with Crippen molar-refractivity contribution in [2.45, 2.75) is 56.7 Å². The summed E-state index contributed by atoms with van der Waals surface area (Å²) in [7, 11) is 0. The molecular weight excluding hydrogens is 355 g/mol. The Morgan fingerprint density at radius 2 is 2.00 bits per heavy atom. The molecule has 1 saturated heterocycles. The van der Waals surface area contributed by atoms with Crippen LogP contribution in [0.3, 0.4) is 0 Å². The Labute approximate surface area is 158 Å². The molecule has 4 nitrogen and oxygen atoms in total. The second-order valence-electron chi connectivity index (χ2n) is 7.60. The third-order valence-corrected chi connectivity index (χ3v) is 5.74. The molecule has 2 N–H and O–H groups in total. The van der Waals surface area contributed by atoms with E-state index in [0.29, 0.717) is 19.4 Å². The number of alkyl halides is 3. The fraction of sp³-hybridized carbons (Fsp3) is 0.650. The Kier molecular flexibility index (Phi) is 5.99. The topological polar surface area (TPSA) is 47.9 Å². The number of nitrogens with one attached hydrogen (secondary N) is 1. The van der Waals surface area contributed by atoms with Gasteiger partial charge in [-0.25, -0.2) is 0 Å². The van der Waals surface area contributed by atoms with Crippen molar-refractivity contribution in [2.24, 2.45) is 4.99 Å². The van der Waals surface area contributed by atoms with Gasteiger partial charge in [0.1, 0.15) is 0 Å². The van der Waals surface area contributed by atoms with E-state index in [0.717, 1.165) is 56.5 Å². The molecule has 0 atom stereocenters. The van der Waals surface area contributed by atoms with Crippen LogP contribution in [0.2, 0.25) is 0 Å². The average Bonchev–Trinajstić information content (AvgIpc) is 2.60. The zero-order chi connectivity index (χ0) is 19.5. The highest BCUT2D eigenvalue weighted by Gasteiger charge is 2.40. The molecule has 1 aromatic rings. The third kappa shape index (κ3) is 4.57. The summed E-state index contributed by atoms with van der Waals surface area (Å²) in [5, 5.41) is 13.0. The summed E-state index contributed by atoms with van der Waals surface area (Å²) >= 11 is 0. The number of likely N-dealkylation sites (tertiary alicyclic amines) is 1. The van der Waals surface area contributed by atoms with Gasteiger partial charge in [-0.15, -0.1) is 0 Å². The van der Waals surface area contributed by atoms with Crippen LogP contribution in [-0.4, -0.2) is 48.2 Å². The highest BCUT2D eigenvalue weighted by atomic mass is 19.4. The quantitative estimate of drug-likeness (QED) is 0.618. The summed E-state index contributed by atoms with van der Waals surface area (Å²) in [4.78, 5) is 6.93. The van der Waals surface area contributed by atoms with Crippen molar-refractivity contribution in [1.82, 2.24) is 10.2 Å². The molecule has 150 valence electrons. The first-order valence-corrected chi connectivity index (χ1v) is 9.73. The molecule has 0 unspecified atom stereocenters. The zero-order valence-corrected chi connectivity index (χ0v) is 15.7. The van der Waals surface area contributed by atoms with Crippen molar-refractivity contribution < 1.29 is 18.3 Å². The lowest BCUT2D eigenvalue weighted by Gasteiger charge is -2.42. The normalized spacial score (nSPS) is 21.1. The second kappa shape index (κ2) is 8.09. The molecule has 1 saturated carbocycles. The van der Waals surface area contributed by atoms with Crippen molar-refractivity contribution in [3.63, 3.8) is 0 Å². The molecule has 3 rings (SSSR count). The Balaban J connectivity index is 1.79. The van der Waals surface area contributed by atoms with Crippen LogP contribution in [0.5, 0.6) is 0 Å². The van der Waals surface area contributed by atoms with E-state index >= 15 is 0 Å². The summed E-state index contributed by atoms with van der Waals surface area (Å²) < 4.78 is 39.3. The minimum atomic E-state index is -4.33. The van der Waals surface area contributed by atoms with E-state index in [4.69, 9.17) is 4.99 Å². The molecule has 0 bridgehead atoms. The predicted octanol–water partition coefficient (Wildman–Crippen LogP) is 3.55. The van der Waals surface area contributed by atoms with Gasteiger partial charge < -0.3 is 15.3 Å². The van der Waals surface area contributed by atoms with E-state index < -0.39 is 11.7 Å². The van der Waals surface area contributed by atoms with Crippen LogP contribution in [0.25, 0.3) is 0 Å². The Hall–Kier alpha value is -1.76. The minimum Gasteiger partial charge on any atom is -0.393 e. The molecule has 0 spiro atoms. The van der Waals surface area contributed by atoms with Gasteiger partial charge in [-0.1, -0.05) is 24.6 Å². The number of benzene rings is 1. The van der Waals surface area contributed by atoms with Crippen LogP contribution >= 0.6 is 0 Å². The van der Waals surface area contributed by atoms with Crippen LogP contribution in [0.1, 0.15) is 50.2 Å². The van der Waals surface area contributed by atoms with Crippen molar-refractivity contribution in [2.75, 3.05) is 26.2 Å². The summed E-state index contributed by atoms with van der Waals surface area (Å²) in [5.74, 6) is 0.794. The van der Waals surface area contributed by atoms with E-state index in [1.165, 1.54) is 12.1 Å².